The topological polar surface area (TPSA) is 45.2 Å². The summed E-state index contributed by atoms with van der Waals surface area (Å²) in [6.45, 7) is 5.62. The molecule has 116 valence electrons. The van der Waals surface area contributed by atoms with Gasteiger partial charge >= 0.3 is 0 Å². The molecule has 2 rings (SSSR count). The predicted octanol–water partition coefficient (Wildman–Crippen LogP) is 2.79. The molecule has 1 amide bonds. The Hall–Kier alpha value is -0.360. The number of carbonyl (C=O) groups is 1. The Bertz CT molecular complexity index is 433. The van der Waals surface area contributed by atoms with Crippen LogP contribution in [0.3, 0.4) is 0 Å². The third-order valence-corrected chi connectivity index (χ3v) is 4.49. The first-order chi connectivity index (χ1) is 8.57. The zero-order valence-corrected chi connectivity index (χ0v) is 14.6. The average Bonchev–Trinajstić information content (AvgIpc) is 2.98. The molecule has 1 aromatic rings. The molecule has 0 bridgehead atoms. The molecular formula is C13H23Cl2N3OS. The van der Waals surface area contributed by atoms with Gasteiger partial charge in [0.05, 0.1) is 22.8 Å². The largest absolute Gasteiger partial charge is 0.338 e. The summed E-state index contributed by atoms with van der Waals surface area (Å²) in [6.07, 6.45) is 2.89. The van der Waals surface area contributed by atoms with E-state index in [0.717, 1.165) is 36.5 Å². The molecule has 1 N–H and O–H groups in total. The normalized spacial score (nSPS) is 20.9. The van der Waals surface area contributed by atoms with Crippen molar-refractivity contribution < 1.29 is 4.79 Å². The molecular weight excluding hydrogens is 317 g/mol. The van der Waals surface area contributed by atoms with Gasteiger partial charge in [0.15, 0.2) is 0 Å². The second-order valence-corrected chi connectivity index (χ2v) is 6.05. The third kappa shape index (κ3) is 4.07. The van der Waals surface area contributed by atoms with E-state index in [9.17, 15) is 4.79 Å². The van der Waals surface area contributed by atoms with E-state index < -0.39 is 0 Å². The fourth-order valence-corrected chi connectivity index (χ4v) is 3.21. The Morgan fingerprint density at radius 2 is 2.25 bits per heavy atom. The molecule has 1 aromatic heterocycles. The Morgan fingerprint density at radius 1 is 1.55 bits per heavy atom. The van der Waals surface area contributed by atoms with Crippen molar-refractivity contribution in [3.05, 3.63) is 16.1 Å². The lowest BCUT2D eigenvalue weighted by atomic mass is 9.92. The van der Waals surface area contributed by atoms with Crippen LogP contribution in [0, 0.1) is 6.92 Å². The minimum absolute atomic E-state index is 0. The van der Waals surface area contributed by atoms with Crippen LogP contribution < -0.4 is 5.32 Å². The molecule has 1 atom stereocenters. The standard InChI is InChI=1S/C13H21N3OS.2ClH/c1-4-13(6-5-7-14-13)12(17)16(3)8-11-9-18-10(2)15-11;;/h9,14H,4-8H2,1-3H3;2*1H. The van der Waals surface area contributed by atoms with Crippen LogP contribution in [0.4, 0.5) is 0 Å². The van der Waals surface area contributed by atoms with Crippen LogP contribution in [0.1, 0.15) is 36.9 Å². The Labute approximate surface area is 137 Å². The second kappa shape index (κ2) is 8.17. The number of aryl methyl sites for hydroxylation is 1. The van der Waals surface area contributed by atoms with E-state index in [0.29, 0.717) is 6.54 Å². The van der Waals surface area contributed by atoms with Crippen LogP contribution in [0.25, 0.3) is 0 Å². The lowest BCUT2D eigenvalue weighted by Gasteiger charge is -2.31. The van der Waals surface area contributed by atoms with E-state index >= 15 is 0 Å². The zero-order valence-electron chi connectivity index (χ0n) is 12.1. The highest BCUT2D eigenvalue weighted by Gasteiger charge is 2.40. The number of hydrogen-bond donors (Lipinski definition) is 1. The number of aromatic nitrogens is 1. The number of likely N-dealkylation sites (N-methyl/N-ethyl adjacent to an activating group) is 1. The van der Waals surface area contributed by atoms with E-state index in [1.807, 2.05) is 19.4 Å². The van der Waals surface area contributed by atoms with Gasteiger partial charge in [0, 0.05) is 12.4 Å². The fraction of sp³-hybridized carbons (Fsp3) is 0.692. The molecule has 0 spiro atoms. The van der Waals surface area contributed by atoms with E-state index in [1.54, 1.807) is 16.2 Å². The Kier molecular flexibility index (Phi) is 8.03. The van der Waals surface area contributed by atoms with Crippen LogP contribution >= 0.6 is 36.2 Å². The summed E-state index contributed by atoms with van der Waals surface area (Å²) >= 11 is 1.63. The maximum atomic E-state index is 12.5. The van der Waals surface area contributed by atoms with Crippen LogP contribution in [-0.2, 0) is 11.3 Å². The lowest BCUT2D eigenvalue weighted by Crippen LogP contribution is -2.53. The molecule has 0 saturated carbocycles. The van der Waals surface area contributed by atoms with Gasteiger partial charge in [-0.2, -0.15) is 0 Å². The van der Waals surface area contributed by atoms with Crippen molar-refractivity contribution in [2.24, 2.45) is 0 Å². The summed E-state index contributed by atoms with van der Waals surface area (Å²) in [6, 6.07) is 0. The molecule has 1 unspecified atom stereocenters. The van der Waals surface area contributed by atoms with Gasteiger partial charge in [-0.15, -0.1) is 36.2 Å². The molecule has 1 aliphatic heterocycles. The summed E-state index contributed by atoms with van der Waals surface area (Å²) in [5, 5.41) is 6.46. The first-order valence-corrected chi connectivity index (χ1v) is 7.37. The van der Waals surface area contributed by atoms with Crippen molar-refractivity contribution in [2.45, 2.75) is 45.2 Å². The van der Waals surface area contributed by atoms with E-state index in [2.05, 4.69) is 17.2 Å². The summed E-state index contributed by atoms with van der Waals surface area (Å²) in [7, 11) is 1.87. The minimum atomic E-state index is -0.334. The van der Waals surface area contributed by atoms with E-state index in [4.69, 9.17) is 0 Å². The molecule has 0 aliphatic carbocycles. The maximum absolute atomic E-state index is 12.5. The Morgan fingerprint density at radius 3 is 2.70 bits per heavy atom. The molecule has 1 saturated heterocycles. The van der Waals surface area contributed by atoms with Crippen molar-refractivity contribution in [1.29, 1.82) is 0 Å². The predicted molar refractivity (Wildman–Crippen MR) is 88.1 cm³/mol. The van der Waals surface area contributed by atoms with Crippen LogP contribution in [0.2, 0.25) is 0 Å². The minimum Gasteiger partial charge on any atom is -0.338 e. The molecule has 4 nitrogen and oxygen atoms in total. The van der Waals surface area contributed by atoms with Gasteiger partial charge in [-0.3, -0.25) is 4.79 Å². The van der Waals surface area contributed by atoms with Crippen molar-refractivity contribution in [3.63, 3.8) is 0 Å². The number of carbonyl (C=O) groups excluding carboxylic acids is 1. The van der Waals surface area contributed by atoms with Crippen LogP contribution in [0.15, 0.2) is 5.38 Å². The Balaban J connectivity index is 0.00000180. The van der Waals surface area contributed by atoms with Crippen molar-refractivity contribution >= 4 is 42.1 Å². The molecule has 0 radical (unpaired) electrons. The van der Waals surface area contributed by atoms with Crippen LogP contribution in [0.5, 0.6) is 0 Å². The number of amides is 1. The number of nitrogens with one attached hydrogen (secondary N) is 1. The summed E-state index contributed by atoms with van der Waals surface area (Å²) in [4.78, 5) is 18.8. The van der Waals surface area contributed by atoms with Gasteiger partial charge in [0.1, 0.15) is 0 Å². The van der Waals surface area contributed by atoms with Gasteiger partial charge < -0.3 is 10.2 Å². The molecule has 1 aliphatic rings. The third-order valence-electron chi connectivity index (χ3n) is 3.67. The highest BCUT2D eigenvalue weighted by molar-refractivity contribution is 7.09. The quantitative estimate of drug-likeness (QED) is 0.917. The number of thiazole rings is 1. The summed E-state index contributed by atoms with van der Waals surface area (Å²) < 4.78 is 0. The molecule has 7 heteroatoms. The number of nitrogens with zero attached hydrogens (tertiary/aromatic N) is 2. The number of rotatable bonds is 4. The fourth-order valence-electron chi connectivity index (χ4n) is 2.60. The van der Waals surface area contributed by atoms with Gasteiger partial charge in [-0.1, -0.05) is 6.92 Å². The number of halogens is 2. The summed E-state index contributed by atoms with van der Waals surface area (Å²) in [5.41, 5.74) is 0.650. The highest BCUT2D eigenvalue weighted by Crippen LogP contribution is 2.25. The van der Waals surface area contributed by atoms with Crippen molar-refractivity contribution in [2.75, 3.05) is 13.6 Å². The zero-order chi connectivity index (χ0) is 13.2. The lowest BCUT2D eigenvalue weighted by molar-refractivity contribution is -0.137. The molecule has 20 heavy (non-hydrogen) atoms. The first-order valence-electron chi connectivity index (χ1n) is 6.49. The van der Waals surface area contributed by atoms with Gasteiger partial charge in [-0.05, 0) is 32.7 Å². The number of hydrogen-bond acceptors (Lipinski definition) is 4. The monoisotopic (exact) mass is 339 g/mol. The van der Waals surface area contributed by atoms with Gasteiger partial charge in [0.2, 0.25) is 5.91 Å². The van der Waals surface area contributed by atoms with Crippen molar-refractivity contribution in [3.8, 4) is 0 Å². The SMILES string of the molecule is CCC1(C(=O)N(C)Cc2csc(C)n2)CCCN1.Cl.Cl. The molecule has 1 fully saturated rings. The molecule has 2 heterocycles. The first kappa shape index (κ1) is 19.6. The van der Waals surface area contributed by atoms with E-state index in [1.165, 1.54) is 0 Å². The summed E-state index contributed by atoms with van der Waals surface area (Å²) in [5.74, 6) is 0.202. The van der Waals surface area contributed by atoms with Crippen LogP contribution in [-0.4, -0.2) is 34.9 Å². The average molecular weight is 340 g/mol. The smallest absolute Gasteiger partial charge is 0.242 e. The van der Waals surface area contributed by atoms with Gasteiger partial charge in [-0.25, -0.2) is 4.98 Å². The van der Waals surface area contributed by atoms with E-state index in [-0.39, 0.29) is 36.3 Å². The second-order valence-electron chi connectivity index (χ2n) is 4.99. The highest BCUT2D eigenvalue weighted by atomic mass is 35.5. The maximum Gasteiger partial charge on any atom is 0.242 e. The van der Waals surface area contributed by atoms with Crippen molar-refractivity contribution in [1.82, 2.24) is 15.2 Å². The molecule has 0 aromatic carbocycles. The van der Waals surface area contributed by atoms with Gasteiger partial charge in [0.25, 0.3) is 0 Å².